The molecule has 0 atom stereocenters. The molecule has 0 aliphatic carbocycles. The van der Waals surface area contributed by atoms with Crippen LogP contribution in [0.5, 0.6) is 5.75 Å². The molecule has 1 fully saturated rings. The molecule has 1 amide bonds. The summed E-state index contributed by atoms with van der Waals surface area (Å²) in [5.74, 6) is -0.356. The van der Waals surface area contributed by atoms with Gasteiger partial charge >= 0.3 is 0 Å². The number of nitrogens with one attached hydrogen (secondary N) is 1. The van der Waals surface area contributed by atoms with Crippen molar-refractivity contribution in [3.63, 3.8) is 0 Å². The highest BCUT2D eigenvalue weighted by Gasteiger charge is 2.16. The molecule has 0 spiro atoms. The van der Waals surface area contributed by atoms with E-state index >= 15 is 0 Å². The lowest BCUT2D eigenvalue weighted by atomic mass is 10.1. The molecule has 6 heteroatoms. The van der Waals surface area contributed by atoms with E-state index < -0.39 is 0 Å². The van der Waals surface area contributed by atoms with Gasteiger partial charge in [0.25, 0.3) is 5.91 Å². The van der Waals surface area contributed by atoms with Crippen molar-refractivity contribution in [1.29, 1.82) is 0 Å². The summed E-state index contributed by atoms with van der Waals surface area (Å²) in [7, 11) is 2.15. The van der Waals surface area contributed by atoms with Crippen LogP contribution in [0.3, 0.4) is 0 Å². The number of halogens is 1. The van der Waals surface area contributed by atoms with Crippen LogP contribution in [0.15, 0.2) is 40.9 Å². The van der Waals surface area contributed by atoms with Crippen molar-refractivity contribution in [2.75, 3.05) is 38.5 Å². The molecule has 5 nitrogen and oxygen atoms in total. The average Bonchev–Trinajstić information content (AvgIpc) is 2.60. The molecule has 0 radical (unpaired) electrons. The van der Waals surface area contributed by atoms with Crippen LogP contribution in [0.1, 0.15) is 21.5 Å². The van der Waals surface area contributed by atoms with Crippen molar-refractivity contribution in [3.8, 4) is 5.75 Å². The Morgan fingerprint density at radius 3 is 2.65 bits per heavy atom. The Balaban J connectivity index is 1.70. The number of likely N-dealkylation sites (N-methyl/N-ethyl adjacent to an activating group) is 1. The Bertz CT molecular complexity index is 802. The molecule has 0 aromatic heterocycles. The molecule has 2 aromatic carbocycles. The maximum absolute atomic E-state index is 12.6. The molecule has 3 rings (SSSR count). The number of aryl methyl sites for hydroxylation is 1. The van der Waals surface area contributed by atoms with Gasteiger partial charge in [0, 0.05) is 38.4 Å². The Morgan fingerprint density at radius 1 is 1.19 bits per heavy atom. The van der Waals surface area contributed by atoms with Crippen molar-refractivity contribution in [1.82, 2.24) is 9.80 Å². The Morgan fingerprint density at radius 2 is 1.92 bits per heavy atom. The molecule has 26 heavy (non-hydrogen) atoms. The number of benzene rings is 2. The van der Waals surface area contributed by atoms with E-state index in [1.807, 2.05) is 25.1 Å². The summed E-state index contributed by atoms with van der Waals surface area (Å²) in [5, 5.41) is 13.0. The Hall–Kier alpha value is -1.89. The second kappa shape index (κ2) is 8.20. The van der Waals surface area contributed by atoms with E-state index in [4.69, 9.17) is 0 Å². The van der Waals surface area contributed by atoms with Crippen molar-refractivity contribution in [2.45, 2.75) is 13.5 Å². The second-order valence-corrected chi connectivity index (χ2v) is 7.73. The van der Waals surface area contributed by atoms with Gasteiger partial charge in [0.05, 0.1) is 10.0 Å². The molecule has 138 valence electrons. The summed E-state index contributed by atoms with van der Waals surface area (Å²) in [5.41, 5.74) is 3.07. The number of carbonyl (C=O) groups excluding carboxylic acids is 1. The van der Waals surface area contributed by atoms with E-state index in [0.717, 1.165) is 44.0 Å². The number of piperazine rings is 1. The van der Waals surface area contributed by atoms with Gasteiger partial charge in [0.2, 0.25) is 0 Å². The normalized spacial score (nSPS) is 15.8. The minimum atomic E-state index is -0.316. The van der Waals surface area contributed by atoms with Crippen LogP contribution < -0.4 is 5.32 Å². The van der Waals surface area contributed by atoms with Gasteiger partial charge in [-0.05, 0) is 65.3 Å². The molecule has 2 N–H and O–H groups in total. The lowest BCUT2D eigenvalue weighted by Crippen LogP contribution is -2.43. The zero-order valence-corrected chi connectivity index (χ0v) is 16.7. The van der Waals surface area contributed by atoms with Gasteiger partial charge < -0.3 is 15.3 Å². The summed E-state index contributed by atoms with van der Waals surface area (Å²) >= 11 is 3.28. The number of rotatable bonds is 4. The van der Waals surface area contributed by atoms with E-state index in [2.05, 4.69) is 44.2 Å². The van der Waals surface area contributed by atoms with Crippen LogP contribution in [0, 0.1) is 6.92 Å². The van der Waals surface area contributed by atoms with E-state index in [9.17, 15) is 9.90 Å². The number of hydrogen-bond donors (Lipinski definition) is 2. The molecule has 0 saturated carbocycles. The summed E-state index contributed by atoms with van der Waals surface area (Å²) < 4.78 is 0.520. The molecular weight excluding hydrogens is 394 g/mol. The Kier molecular flexibility index (Phi) is 5.96. The number of phenols is 1. The van der Waals surface area contributed by atoms with Gasteiger partial charge in [-0.1, -0.05) is 12.1 Å². The average molecular weight is 418 g/mol. The summed E-state index contributed by atoms with van der Waals surface area (Å²) in [6, 6.07) is 11.4. The molecule has 0 bridgehead atoms. The smallest absolute Gasteiger partial charge is 0.259 e. The molecule has 2 aromatic rings. The topological polar surface area (TPSA) is 55.8 Å². The third kappa shape index (κ3) is 4.63. The van der Waals surface area contributed by atoms with Crippen molar-refractivity contribution in [2.24, 2.45) is 0 Å². The van der Waals surface area contributed by atoms with Gasteiger partial charge in [-0.15, -0.1) is 0 Å². The maximum atomic E-state index is 12.6. The fraction of sp³-hybridized carbons (Fsp3) is 0.350. The first kappa shape index (κ1) is 18.9. The minimum Gasteiger partial charge on any atom is -0.506 e. The Labute approximate surface area is 162 Å². The molecule has 0 unspecified atom stereocenters. The lowest BCUT2D eigenvalue weighted by molar-refractivity contribution is 0.102. The maximum Gasteiger partial charge on any atom is 0.259 e. The van der Waals surface area contributed by atoms with E-state index in [1.54, 1.807) is 12.1 Å². The fourth-order valence-corrected chi connectivity index (χ4v) is 3.69. The first-order chi connectivity index (χ1) is 12.4. The summed E-state index contributed by atoms with van der Waals surface area (Å²) in [6.45, 7) is 7.03. The van der Waals surface area contributed by atoms with Crippen LogP contribution in [-0.2, 0) is 6.54 Å². The van der Waals surface area contributed by atoms with Gasteiger partial charge in [-0.3, -0.25) is 9.69 Å². The molecule has 1 aliphatic rings. The van der Waals surface area contributed by atoms with Crippen LogP contribution in [-0.4, -0.2) is 54.0 Å². The number of aromatic hydroxyl groups is 1. The SMILES string of the molecule is Cc1cc(Br)c(O)c(C(=O)Nc2cccc(CN3CCN(C)CC3)c2)c1. The second-order valence-electron chi connectivity index (χ2n) is 6.88. The highest BCUT2D eigenvalue weighted by molar-refractivity contribution is 9.10. The van der Waals surface area contributed by atoms with E-state index in [-0.39, 0.29) is 17.2 Å². The predicted molar refractivity (Wildman–Crippen MR) is 108 cm³/mol. The number of amides is 1. The molecule has 1 saturated heterocycles. The van der Waals surface area contributed by atoms with Gasteiger partial charge in [-0.2, -0.15) is 0 Å². The summed E-state index contributed by atoms with van der Waals surface area (Å²) in [4.78, 5) is 17.3. The highest BCUT2D eigenvalue weighted by Crippen LogP contribution is 2.30. The minimum absolute atomic E-state index is 0.0401. The zero-order chi connectivity index (χ0) is 18.7. The van der Waals surface area contributed by atoms with Crippen LogP contribution in [0.4, 0.5) is 5.69 Å². The lowest BCUT2D eigenvalue weighted by Gasteiger charge is -2.32. The standard InChI is InChI=1S/C20H24BrN3O2/c1-14-10-17(19(25)18(21)11-14)20(26)22-16-5-3-4-15(12-16)13-24-8-6-23(2)7-9-24/h3-5,10-12,25H,6-9,13H2,1-2H3,(H,22,26). The number of nitrogens with zero attached hydrogens (tertiary/aromatic N) is 2. The predicted octanol–water partition coefficient (Wildman–Crippen LogP) is 3.46. The first-order valence-corrected chi connectivity index (χ1v) is 9.52. The van der Waals surface area contributed by atoms with Crippen LogP contribution >= 0.6 is 15.9 Å². The third-order valence-electron chi connectivity index (χ3n) is 4.64. The monoisotopic (exact) mass is 417 g/mol. The van der Waals surface area contributed by atoms with Crippen molar-refractivity contribution >= 4 is 27.5 Å². The fourth-order valence-electron chi connectivity index (χ4n) is 3.12. The molecular formula is C20H24BrN3O2. The first-order valence-electron chi connectivity index (χ1n) is 8.72. The van der Waals surface area contributed by atoms with Crippen LogP contribution in [0.25, 0.3) is 0 Å². The quantitative estimate of drug-likeness (QED) is 0.799. The number of carbonyl (C=O) groups is 1. The van der Waals surface area contributed by atoms with Gasteiger partial charge in [-0.25, -0.2) is 0 Å². The van der Waals surface area contributed by atoms with Crippen molar-refractivity contribution < 1.29 is 9.90 Å². The largest absolute Gasteiger partial charge is 0.506 e. The van der Waals surface area contributed by atoms with Crippen LogP contribution in [0.2, 0.25) is 0 Å². The number of anilines is 1. The third-order valence-corrected chi connectivity index (χ3v) is 5.24. The van der Waals surface area contributed by atoms with Crippen molar-refractivity contribution in [3.05, 3.63) is 57.6 Å². The van der Waals surface area contributed by atoms with E-state index in [0.29, 0.717) is 4.47 Å². The number of hydrogen-bond acceptors (Lipinski definition) is 4. The van der Waals surface area contributed by atoms with E-state index in [1.165, 1.54) is 5.56 Å². The molecule has 1 heterocycles. The highest BCUT2D eigenvalue weighted by atomic mass is 79.9. The summed E-state index contributed by atoms with van der Waals surface area (Å²) in [6.07, 6.45) is 0. The zero-order valence-electron chi connectivity index (χ0n) is 15.1. The molecule has 1 aliphatic heterocycles. The van der Waals surface area contributed by atoms with Gasteiger partial charge in [0.15, 0.2) is 0 Å². The van der Waals surface area contributed by atoms with Gasteiger partial charge in [0.1, 0.15) is 5.75 Å². The number of phenolic OH excluding ortho intramolecular Hbond substituents is 1.